The van der Waals surface area contributed by atoms with Gasteiger partial charge in [-0.1, -0.05) is 0 Å². The third-order valence-electron chi connectivity index (χ3n) is 2.12. The molecule has 0 spiro atoms. The van der Waals surface area contributed by atoms with Crippen LogP contribution in [0.15, 0.2) is 0 Å². The standard InChI is InChI=1S/C10H21NO3S/c1-8(6-15(5)13)11-7-10(2,3)9(12)14-4/h8,11H,6-7H2,1-5H3. The van der Waals surface area contributed by atoms with Gasteiger partial charge in [-0.05, 0) is 20.8 Å². The molecule has 0 bridgehead atoms. The fraction of sp³-hybridized carbons (Fsp3) is 0.900. The van der Waals surface area contributed by atoms with Crippen LogP contribution in [0, 0.1) is 5.41 Å². The summed E-state index contributed by atoms with van der Waals surface area (Å²) in [4.78, 5) is 11.3. The minimum absolute atomic E-state index is 0.139. The quantitative estimate of drug-likeness (QED) is 0.683. The number of carbonyl (C=O) groups excluding carboxylic acids is 1. The highest BCUT2D eigenvalue weighted by Gasteiger charge is 2.28. The Kier molecular flexibility index (Phi) is 6.05. The van der Waals surface area contributed by atoms with Crippen LogP contribution in [0.25, 0.3) is 0 Å². The molecule has 0 amide bonds. The highest BCUT2D eigenvalue weighted by atomic mass is 32.2. The molecule has 2 atom stereocenters. The largest absolute Gasteiger partial charge is 0.469 e. The molecule has 0 aliphatic heterocycles. The number of carbonyl (C=O) groups is 1. The van der Waals surface area contributed by atoms with Crippen molar-refractivity contribution in [2.45, 2.75) is 26.8 Å². The monoisotopic (exact) mass is 235 g/mol. The van der Waals surface area contributed by atoms with Crippen molar-refractivity contribution in [1.82, 2.24) is 5.32 Å². The first-order valence-corrected chi connectivity index (χ1v) is 6.64. The van der Waals surface area contributed by atoms with Crippen molar-refractivity contribution in [2.75, 3.05) is 25.7 Å². The molecule has 0 radical (unpaired) electrons. The number of esters is 1. The molecule has 15 heavy (non-hydrogen) atoms. The lowest BCUT2D eigenvalue weighted by molar-refractivity contribution is -0.150. The van der Waals surface area contributed by atoms with Gasteiger partial charge in [0.1, 0.15) is 0 Å². The van der Waals surface area contributed by atoms with E-state index in [0.717, 1.165) is 0 Å². The van der Waals surface area contributed by atoms with Crippen LogP contribution in [0.1, 0.15) is 20.8 Å². The van der Waals surface area contributed by atoms with Crippen LogP contribution in [0.4, 0.5) is 0 Å². The summed E-state index contributed by atoms with van der Waals surface area (Å²) in [5, 5.41) is 3.18. The van der Waals surface area contributed by atoms with E-state index in [1.54, 1.807) is 6.26 Å². The van der Waals surface area contributed by atoms with E-state index >= 15 is 0 Å². The molecule has 0 fully saturated rings. The van der Waals surface area contributed by atoms with Gasteiger partial charge in [-0.2, -0.15) is 0 Å². The molecular weight excluding hydrogens is 214 g/mol. The number of methoxy groups -OCH3 is 1. The molecule has 4 nitrogen and oxygen atoms in total. The zero-order chi connectivity index (χ0) is 12.1. The molecule has 0 heterocycles. The normalized spacial score (nSPS) is 15.8. The summed E-state index contributed by atoms with van der Waals surface area (Å²) in [5.74, 6) is 0.358. The van der Waals surface area contributed by atoms with Gasteiger partial charge >= 0.3 is 5.97 Å². The Labute approximate surface area is 94.2 Å². The summed E-state index contributed by atoms with van der Waals surface area (Å²) >= 11 is 0. The second-order valence-corrected chi connectivity index (χ2v) is 5.88. The van der Waals surface area contributed by atoms with Crippen molar-refractivity contribution >= 4 is 16.8 Å². The summed E-state index contributed by atoms with van der Waals surface area (Å²) in [6.45, 7) is 6.12. The molecule has 0 saturated heterocycles. The number of hydrogen-bond acceptors (Lipinski definition) is 4. The first kappa shape index (κ1) is 14.6. The van der Waals surface area contributed by atoms with Gasteiger partial charge in [0.05, 0.1) is 12.5 Å². The predicted octanol–water partition coefficient (Wildman–Crippen LogP) is 0.542. The van der Waals surface area contributed by atoms with Crippen LogP contribution < -0.4 is 5.32 Å². The highest BCUT2D eigenvalue weighted by Crippen LogP contribution is 2.15. The third kappa shape index (κ3) is 5.89. The van der Waals surface area contributed by atoms with Crippen molar-refractivity contribution in [2.24, 2.45) is 5.41 Å². The summed E-state index contributed by atoms with van der Waals surface area (Å²) in [5.41, 5.74) is -0.543. The number of nitrogens with one attached hydrogen (secondary N) is 1. The molecule has 0 saturated carbocycles. The molecule has 0 aromatic rings. The van der Waals surface area contributed by atoms with Gasteiger partial charge in [0, 0.05) is 35.4 Å². The second-order valence-electron chi connectivity index (χ2n) is 4.40. The van der Waals surface area contributed by atoms with E-state index in [2.05, 4.69) is 10.1 Å². The van der Waals surface area contributed by atoms with Crippen molar-refractivity contribution in [3.63, 3.8) is 0 Å². The average Bonchev–Trinajstić information content (AvgIpc) is 2.12. The van der Waals surface area contributed by atoms with Crippen molar-refractivity contribution in [1.29, 1.82) is 0 Å². The second kappa shape index (κ2) is 6.23. The molecule has 0 aliphatic rings. The molecule has 2 unspecified atom stereocenters. The molecular formula is C10H21NO3S. The molecule has 0 rings (SSSR count). The topological polar surface area (TPSA) is 55.4 Å². The summed E-state index contributed by atoms with van der Waals surface area (Å²) in [7, 11) is 0.568. The Balaban J connectivity index is 4.03. The van der Waals surface area contributed by atoms with Gasteiger partial charge in [-0.15, -0.1) is 0 Å². The predicted molar refractivity (Wildman–Crippen MR) is 62.2 cm³/mol. The van der Waals surface area contributed by atoms with Gasteiger partial charge < -0.3 is 10.1 Å². The molecule has 5 heteroatoms. The highest BCUT2D eigenvalue weighted by molar-refractivity contribution is 7.84. The Morgan fingerprint density at radius 3 is 2.47 bits per heavy atom. The van der Waals surface area contributed by atoms with Crippen molar-refractivity contribution in [3.8, 4) is 0 Å². The maximum atomic E-state index is 11.3. The third-order valence-corrected chi connectivity index (χ3v) is 3.08. The van der Waals surface area contributed by atoms with Gasteiger partial charge in [-0.25, -0.2) is 0 Å². The Hall–Kier alpha value is -0.420. The smallest absolute Gasteiger partial charge is 0.312 e. The minimum Gasteiger partial charge on any atom is -0.469 e. The fourth-order valence-corrected chi connectivity index (χ4v) is 2.01. The summed E-state index contributed by atoms with van der Waals surface area (Å²) in [6, 6.07) is 0.139. The fourth-order valence-electron chi connectivity index (χ4n) is 1.19. The van der Waals surface area contributed by atoms with Gasteiger partial charge in [-0.3, -0.25) is 9.00 Å². The molecule has 0 aromatic carbocycles. The van der Waals surface area contributed by atoms with Crippen molar-refractivity contribution < 1.29 is 13.7 Å². The number of rotatable bonds is 6. The van der Waals surface area contributed by atoms with E-state index in [0.29, 0.717) is 12.3 Å². The van der Waals surface area contributed by atoms with Gasteiger partial charge in [0.15, 0.2) is 0 Å². The lowest BCUT2D eigenvalue weighted by atomic mass is 9.93. The van der Waals surface area contributed by atoms with E-state index in [1.165, 1.54) is 7.11 Å². The molecule has 0 aliphatic carbocycles. The van der Waals surface area contributed by atoms with Crippen LogP contribution in [0.3, 0.4) is 0 Å². The lowest BCUT2D eigenvalue weighted by Gasteiger charge is -2.24. The summed E-state index contributed by atoms with van der Waals surface area (Å²) < 4.78 is 15.6. The Morgan fingerprint density at radius 1 is 1.53 bits per heavy atom. The van der Waals surface area contributed by atoms with Crippen LogP contribution >= 0.6 is 0 Å². The van der Waals surface area contributed by atoms with Crippen LogP contribution in [0.2, 0.25) is 0 Å². The van der Waals surface area contributed by atoms with E-state index in [9.17, 15) is 9.00 Å². The zero-order valence-corrected chi connectivity index (χ0v) is 10.9. The van der Waals surface area contributed by atoms with E-state index in [-0.39, 0.29) is 12.0 Å². The average molecular weight is 235 g/mol. The van der Waals surface area contributed by atoms with Gasteiger partial charge in [0.25, 0.3) is 0 Å². The number of hydrogen-bond donors (Lipinski definition) is 1. The Bertz CT molecular complexity index is 241. The minimum atomic E-state index is -0.815. The van der Waals surface area contributed by atoms with Crippen LogP contribution in [-0.2, 0) is 20.3 Å². The zero-order valence-electron chi connectivity index (χ0n) is 10.1. The summed E-state index contributed by atoms with van der Waals surface area (Å²) in [6.07, 6.45) is 1.67. The molecule has 0 aromatic heterocycles. The van der Waals surface area contributed by atoms with Crippen molar-refractivity contribution in [3.05, 3.63) is 0 Å². The molecule has 1 N–H and O–H groups in total. The first-order valence-electron chi connectivity index (χ1n) is 4.91. The maximum Gasteiger partial charge on any atom is 0.312 e. The molecule has 90 valence electrons. The van der Waals surface area contributed by atoms with E-state index in [1.807, 2.05) is 20.8 Å². The lowest BCUT2D eigenvalue weighted by Crippen LogP contribution is -2.42. The number of ether oxygens (including phenoxy) is 1. The Morgan fingerprint density at radius 2 is 2.07 bits per heavy atom. The van der Waals surface area contributed by atoms with Crippen LogP contribution in [-0.4, -0.2) is 41.9 Å². The van der Waals surface area contributed by atoms with Gasteiger partial charge in [0.2, 0.25) is 0 Å². The SMILES string of the molecule is COC(=O)C(C)(C)CNC(C)CS(C)=O. The maximum absolute atomic E-state index is 11.3. The van der Waals surface area contributed by atoms with E-state index in [4.69, 9.17) is 0 Å². The van der Waals surface area contributed by atoms with Crippen LogP contribution in [0.5, 0.6) is 0 Å². The first-order chi connectivity index (χ1) is 6.79. The van der Waals surface area contributed by atoms with E-state index < -0.39 is 16.2 Å².